The number of hydrogen-bond acceptors (Lipinski definition) is 6. The Balaban J connectivity index is 1.58. The summed E-state index contributed by atoms with van der Waals surface area (Å²) in [7, 11) is 1.58. The molecule has 4 aromatic rings. The molecule has 2 aromatic carbocycles. The van der Waals surface area contributed by atoms with Crippen molar-refractivity contribution in [3.8, 4) is 27.9 Å². The molecule has 0 unspecified atom stereocenters. The van der Waals surface area contributed by atoms with Crippen molar-refractivity contribution < 1.29 is 18.4 Å². The normalized spacial score (nSPS) is 10.7. The van der Waals surface area contributed by atoms with E-state index in [0.29, 0.717) is 33.3 Å². The number of halogens is 1. The number of thiophene rings is 1. The number of methoxy groups -OCH3 is 1. The van der Waals surface area contributed by atoms with Crippen molar-refractivity contribution in [2.75, 3.05) is 12.4 Å². The zero-order valence-electron chi connectivity index (χ0n) is 15.6. The van der Waals surface area contributed by atoms with E-state index in [2.05, 4.69) is 15.5 Å². The van der Waals surface area contributed by atoms with E-state index in [1.165, 1.54) is 23.5 Å². The molecule has 146 valence electrons. The molecule has 8 heteroatoms. The Bertz CT molecular complexity index is 1170. The molecule has 2 heterocycles. The molecule has 0 bridgehead atoms. The van der Waals surface area contributed by atoms with Gasteiger partial charge in [0, 0.05) is 11.1 Å². The zero-order chi connectivity index (χ0) is 20.4. The predicted molar refractivity (Wildman–Crippen MR) is 109 cm³/mol. The average Bonchev–Trinajstić information content (AvgIpc) is 3.37. The summed E-state index contributed by atoms with van der Waals surface area (Å²) in [6, 6.07) is 12.9. The monoisotopic (exact) mass is 409 g/mol. The minimum atomic E-state index is -0.338. The van der Waals surface area contributed by atoms with Crippen LogP contribution in [0, 0.1) is 12.7 Å². The van der Waals surface area contributed by atoms with E-state index in [1.807, 2.05) is 12.3 Å². The van der Waals surface area contributed by atoms with Gasteiger partial charge in [-0.15, -0.1) is 11.3 Å². The molecule has 0 atom stereocenters. The number of nitrogens with one attached hydrogen (secondary N) is 1. The Hall–Kier alpha value is -3.52. The maximum Gasteiger partial charge on any atom is 0.270 e. The predicted octanol–water partition coefficient (Wildman–Crippen LogP) is 5.17. The van der Waals surface area contributed by atoms with Crippen LogP contribution in [0.2, 0.25) is 0 Å². The maximum absolute atomic E-state index is 13.1. The Kier molecular flexibility index (Phi) is 5.09. The number of amides is 1. The summed E-state index contributed by atoms with van der Waals surface area (Å²) in [6.07, 6.45) is 0. The van der Waals surface area contributed by atoms with Gasteiger partial charge in [-0.1, -0.05) is 5.16 Å². The van der Waals surface area contributed by atoms with Crippen LogP contribution < -0.4 is 10.1 Å². The molecular weight excluding hydrogens is 393 g/mol. The van der Waals surface area contributed by atoms with Crippen LogP contribution >= 0.6 is 11.3 Å². The van der Waals surface area contributed by atoms with Gasteiger partial charge in [0.1, 0.15) is 16.4 Å². The van der Waals surface area contributed by atoms with Crippen molar-refractivity contribution in [2.24, 2.45) is 0 Å². The molecule has 0 aliphatic carbocycles. The third kappa shape index (κ3) is 3.88. The fraction of sp³-hybridized carbons (Fsp3) is 0.0952. The SMILES string of the molecule is COc1ccc(C(=O)Nc2ccsc2-c2nc(-c3ccc(F)cc3)no2)c(C)c1. The number of nitrogens with zero attached hydrogens (tertiary/aromatic N) is 2. The summed E-state index contributed by atoms with van der Waals surface area (Å²) in [5, 5.41) is 8.68. The lowest BCUT2D eigenvalue weighted by molar-refractivity contribution is 0.102. The van der Waals surface area contributed by atoms with Crippen LogP contribution in [0.3, 0.4) is 0 Å². The third-order valence-electron chi connectivity index (χ3n) is 4.31. The summed E-state index contributed by atoms with van der Waals surface area (Å²) in [5.41, 5.74) is 2.55. The van der Waals surface area contributed by atoms with Gasteiger partial charge >= 0.3 is 0 Å². The molecule has 0 aliphatic heterocycles. The van der Waals surface area contributed by atoms with E-state index in [0.717, 1.165) is 5.56 Å². The van der Waals surface area contributed by atoms with Gasteiger partial charge in [0.05, 0.1) is 12.8 Å². The molecule has 1 N–H and O–H groups in total. The first-order chi connectivity index (χ1) is 14.0. The van der Waals surface area contributed by atoms with Gasteiger partial charge < -0.3 is 14.6 Å². The molecule has 4 rings (SSSR count). The van der Waals surface area contributed by atoms with E-state index < -0.39 is 0 Å². The number of carbonyl (C=O) groups excluding carboxylic acids is 1. The Morgan fingerprint density at radius 1 is 1.17 bits per heavy atom. The second-order valence-corrected chi connectivity index (χ2v) is 7.14. The number of aryl methyl sites for hydroxylation is 1. The zero-order valence-corrected chi connectivity index (χ0v) is 16.4. The molecule has 6 nitrogen and oxygen atoms in total. The van der Waals surface area contributed by atoms with E-state index in [-0.39, 0.29) is 17.6 Å². The van der Waals surface area contributed by atoms with Gasteiger partial charge in [-0.3, -0.25) is 4.79 Å². The summed E-state index contributed by atoms with van der Waals surface area (Å²) in [6.45, 7) is 1.85. The topological polar surface area (TPSA) is 77.2 Å². The highest BCUT2D eigenvalue weighted by Crippen LogP contribution is 2.34. The molecule has 0 saturated heterocycles. The second-order valence-electron chi connectivity index (χ2n) is 6.23. The van der Waals surface area contributed by atoms with Crippen LogP contribution in [0.15, 0.2) is 58.4 Å². The first-order valence-electron chi connectivity index (χ1n) is 8.68. The van der Waals surface area contributed by atoms with Gasteiger partial charge in [-0.25, -0.2) is 4.39 Å². The van der Waals surface area contributed by atoms with Crippen LogP contribution in [0.25, 0.3) is 22.2 Å². The number of benzene rings is 2. The van der Waals surface area contributed by atoms with Crippen molar-refractivity contribution in [1.82, 2.24) is 10.1 Å². The van der Waals surface area contributed by atoms with Crippen molar-refractivity contribution >= 4 is 22.9 Å². The number of carbonyl (C=O) groups is 1. The van der Waals surface area contributed by atoms with Gasteiger partial charge in [-0.2, -0.15) is 4.98 Å². The Morgan fingerprint density at radius 3 is 2.69 bits per heavy atom. The van der Waals surface area contributed by atoms with Crippen LogP contribution in [-0.4, -0.2) is 23.2 Å². The number of anilines is 1. The minimum absolute atomic E-state index is 0.247. The molecule has 29 heavy (non-hydrogen) atoms. The standard InChI is InChI=1S/C21H16FN3O3S/c1-12-11-15(27-2)7-8-16(12)20(26)23-17-9-10-29-18(17)21-24-19(25-28-21)13-3-5-14(22)6-4-13/h3-11H,1-2H3,(H,23,26). The smallest absolute Gasteiger partial charge is 0.270 e. The highest BCUT2D eigenvalue weighted by molar-refractivity contribution is 7.14. The van der Waals surface area contributed by atoms with Crippen molar-refractivity contribution in [3.63, 3.8) is 0 Å². The maximum atomic E-state index is 13.1. The first-order valence-corrected chi connectivity index (χ1v) is 9.56. The highest BCUT2D eigenvalue weighted by Gasteiger charge is 2.18. The fourth-order valence-corrected chi connectivity index (χ4v) is 3.58. The largest absolute Gasteiger partial charge is 0.497 e. The Labute approximate surface area is 170 Å². The van der Waals surface area contributed by atoms with Gasteiger partial charge in [0.15, 0.2) is 0 Å². The molecule has 0 saturated carbocycles. The summed E-state index contributed by atoms with van der Waals surface area (Å²) in [5.74, 6) is 0.727. The molecule has 0 radical (unpaired) electrons. The summed E-state index contributed by atoms with van der Waals surface area (Å²) in [4.78, 5) is 17.7. The summed E-state index contributed by atoms with van der Waals surface area (Å²) < 4.78 is 23.6. The minimum Gasteiger partial charge on any atom is -0.497 e. The van der Waals surface area contributed by atoms with Gasteiger partial charge in [-0.05, 0) is 66.4 Å². The van der Waals surface area contributed by atoms with Crippen LogP contribution in [-0.2, 0) is 0 Å². The van der Waals surface area contributed by atoms with Gasteiger partial charge in [0.2, 0.25) is 5.82 Å². The summed E-state index contributed by atoms with van der Waals surface area (Å²) >= 11 is 1.37. The van der Waals surface area contributed by atoms with Crippen LogP contribution in [0.1, 0.15) is 15.9 Å². The number of aromatic nitrogens is 2. The Morgan fingerprint density at radius 2 is 1.97 bits per heavy atom. The molecular formula is C21H16FN3O3S. The second kappa shape index (κ2) is 7.84. The van der Waals surface area contributed by atoms with Crippen molar-refractivity contribution in [2.45, 2.75) is 6.92 Å². The lowest BCUT2D eigenvalue weighted by Gasteiger charge is -2.09. The van der Waals surface area contributed by atoms with Crippen molar-refractivity contribution in [3.05, 3.63) is 70.9 Å². The molecule has 0 aliphatic rings. The molecule has 0 fully saturated rings. The quantitative estimate of drug-likeness (QED) is 0.492. The van der Waals surface area contributed by atoms with E-state index in [4.69, 9.17) is 9.26 Å². The number of rotatable bonds is 5. The highest BCUT2D eigenvalue weighted by atomic mass is 32.1. The number of hydrogen-bond donors (Lipinski definition) is 1. The van der Waals surface area contributed by atoms with E-state index in [1.54, 1.807) is 43.5 Å². The lowest BCUT2D eigenvalue weighted by Crippen LogP contribution is -2.13. The van der Waals surface area contributed by atoms with E-state index >= 15 is 0 Å². The van der Waals surface area contributed by atoms with Crippen LogP contribution in [0.4, 0.5) is 10.1 Å². The number of ether oxygens (including phenoxy) is 1. The van der Waals surface area contributed by atoms with E-state index in [9.17, 15) is 9.18 Å². The lowest BCUT2D eigenvalue weighted by atomic mass is 10.1. The van der Waals surface area contributed by atoms with Gasteiger partial charge in [0.25, 0.3) is 11.8 Å². The third-order valence-corrected chi connectivity index (χ3v) is 5.22. The molecule has 0 spiro atoms. The fourth-order valence-electron chi connectivity index (χ4n) is 2.81. The van der Waals surface area contributed by atoms with Crippen molar-refractivity contribution in [1.29, 1.82) is 0 Å². The molecule has 1 amide bonds. The van der Waals surface area contributed by atoms with Crippen LogP contribution in [0.5, 0.6) is 5.75 Å². The first kappa shape index (κ1) is 18.8. The average molecular weight is 409 g/mol. The molecule has 2 aromatic heterocycles.